The fourth-order valence-corrected chi connectivity index (χ4v) is 1.40. The highest BCUT2D eigenvalue weighted by molar-refractivity contribution is 5.98. The summed E-state index contributed by atoms with van der Waals surface area (Å²) in [6, 6.07) is 9.74. The summed E-state index contributed by atoms with van der Waals surface area (Å²) in [7, 11) is 0. The van der Waals surface area contributed by atoms with Gasteiger partial charge in [-0.3, -0.25) is 4.79 Å². The number of rotatable bonds is 1. The molecule has 0 bridgehead atoms. The average Bonchev–Trinajstić information content (AvgIpc) is 2.18. The first-order valence-electron chi connectivity index (χ1n) is 3.95. The van der Waals surface area contributed by atoms with E-state index in [0.717, 1.165) is 6.29 Å². The van der Waals surface area contributed by atoms with Crippen molar-refractivity contribution in [2.75, 3.05) is 0 Å². The SMILES string of the molecule is O=Cc1cccc2c(F)cccc12. The smallest absolute Gasteiger partial charge is 0.150 e. The van der Waals surface area contributed by atoms with Crippen molar-refractivity contribution in [3.63, 3.8) is 0 Å². The predicted octanol–water partition coefficient (Wildman–Crippen LogP) is 2.79. The van der Waals surface area contributed by atoms with E-state index in [4.69, 9.17) is 0 Å². The molecular weight excluding hydrogens is 167 g/mol. The lowest BCUT2D eigenvalue weighted by Gasteiger charge is -2.00. The average molecular weight is 174 g/mol. The summed E-state index contributed by atoms with van der Waals surface area (Å²) in [4.78, 5) is 10.6. The summed E-state index contributed by atoms with van der Waals surface area (Å²) in [6.07, 6.45) is 0.738. The lowest BCUT2D eigenvalue weighted by molar-refractivity contribution is 0.112. The third-order valence-corrected chi connectivity index (χ3v) is 2.03. The molecule has 0 aliphatic rings. The maximum Gasteiger partial charge on any atom is 0.150 e. The lowest BCUT2D eigenvalue weighted by atomic mass is 10.1. The normalized spacial score (nSPS) is 10.2. The van der Waals surface area contributed by atoms with Gasteiger partial charge in [-0.25, -0.2) is 4.39 Å². The fraction of sp³-hybridized carbons (Fsp3) is 0. The molecule has 0 saturated heterocycles. The molecule has 2 aromatic rings. The Morgan fingerprint density at radius 2 is 1.69 bits per heavy atom. The molecule has 0 atom stereocenters. The van der Waals surface area contributed by atoms with Gasteiger partial charge in [0.1, 0.15) is 5.82 Å². The molecule has 64 valence electrons. The Morgan fingerprint density at radius 1 is 1.00 bits per heavy atom. The van der Waals surface area contributed by atoms with Crippen LogP contribution < -0.4 is 0 Å². The zero-order chi connectivity index (χ0) is 9.26. The number of benzene rings is 2. The van der Waals surface area contributed by atoms with Gasteiger partial charge in [0.2, 0.25) is 0 Å². The van der Waals surface area contributed by atoms with Gasteiger partial charge in [0.05, 0.1) is 0 Å². The molecule has 0 aliphatic carbocycles. The highest BCUT2D eigenvalue weighted by Crippen LogP contribution is 2.19. The second-order valence-corrected chi connectivity index (χ2v) is 2.80. The topological polar surface area (TPSA) is 17.1 Å². The molecule has 0 aliphatic heterocycles. The van der Waals surface area contributed by atoms with Gasteiger partial charge in [0, 0.05) is 10.9 Å². The number of carbonyl (C=O) groups is 1. The van der Waals surface area contributed by atoms with E-state index in [9.17, 15) is 9.18 Å². The van der Waals surface area contributed by atoms with Crippen molar-refractivity contribution in [3.05, 3.63) is 47.8 Å². The molecular formula is C11H7FO. The quantitative estimate of drug-likeness (QED) is 0.607. The Morgan fingerprint density at radius 3 is 2.46 bits per heavy atom. The van der Waals surface area contributed by atoms with Gasteiger partial charge < -0.3 is 0 Å². The monoisotopic (exact) mass is 174 g/mol. The van der Waals surface area contributed by atoms with Gasteiger partial charge in [-0.1, -0.05) is 30.3 Å². The molecule has 0 saturated carbocycles. The van der Waals surface area contributed by atoms with Crippen molar-refractivity contribution < 1.29 is 9.18 Å². The molecule has 0 radical (unpaired) electrons. The molecule has 13 heavy (non-hydrogen) atoms. The largest absolute Gasteiger partial charge is 0.298 e. The summed E-state index contributed by atoms with van der Waals surface area (Å²) < 4.78 is 13.2. The van der Waals surface area contributed by atoms with Crippen LogP contribution in [-0.2, 0) is 0 Å². The molecule has 0 unspecified atom stereocenters. The van der Waals surface area contributed by atoms with Crippen molar-refractivity contribution in [1.82, 2.24) is 0 Å². The minimum absolute atomic E-state index is 0.291. The third kappa shape index (κ3) is 1.20. The zero-order valence-electron chi connectivity index (χ0n) is 6.83. The van der Waals surface area contributed by atoms with Crippen molar-refractivity contribution >= 4 is 17.1 Å². The second kappa shape index (κ2) is 2.98. The fourth-order valence-electron chi connectivity index (χ4n) is 1.40. The first-order valence-corrected chi connectivity index (χ1v) is 3.95. The van der Waals surface area contributed by atoms with Crippen LogP contribution in [0.4, 0.5) is 4.39 Å². The number of fused-ring (bicyclic) bond motifs is 1. The van der Waals surface area contributed by atoms with E-state index in [-0.39, 0.29) is 5.82 Å². The van der Waals surface area contributed by atoms with Crippen LogP contribution in [0.1, 0.15) is 10.4 Å². The molecule has 0 heterocycles. The number of aldehydes is 1. The number of halogens is 1. The first kappa shape index (κ1) is 7.92. The van der Waals surface area contributed by atoms with Crippen LogP contribution in [-0.4, -0.2) is 6.29 Å². The van der Waals surface area contributed by atoms with E-state index in [0.29, 0.717) is 16.3 Å². The van der Waals surface area contributed by atoms with Gasteiger partial charge >= 0.3 is 0 Å². The summed E-state index contributed by atoms with van der Waals surface area (Å²) in [6.45, 7) is 0. The van der Waals surface area contributed by atoms with Gasteiger partial charge in [-0.05, 0) is 11.5 Å². The van der Waals surface area contributed by atoms with E-state index in [2.05, 4.69) is 0 Å². The van der Waals surface area contributed by atoms with E-state index in [1.54, 1.807) is 30.3 Å². The van der Waals surface area contributed by atoms with E-state index >= 15 is 0 Å². The molecule has 0 aromatic heterocycles. The Labute approximate surface area is 74.8 Å². The molecule has 1 nitrogen and oxygen atoms in total. The van der Waals surface area contributed by atoms with E-state index in [1.807, 2.05) is 0 Å². The Kier molecular flexibility index (Phi) is 1.81. The Hall–Kier alpha value is -1.70. The minimum Gasteiger partial charge on any atom is -0.298 e. The zero-order valence-corrected chi connectivity index (χ0v) is 6.83. The van der Waals surface area contributed by atoms with Crippen LogP contribution in [0, 0.1) is 5.82 Å². The Bertz CT molecular complexity index is 463. The molecule has 0 spiro atoms. The van der Waals surface area contributed by atoms with Gasteiger partial charge in [-0.2, -0.15) is 0 Å². The summed E-state index contributed by atoms with van der Waals surface area (Å²) in [5.41, 5.74) is 0.525. The first-order chi connectivity index (χ1) is 6.33. The van der Waals surface area contributed by atoms with Crippen molar-refractivity contribution in [3.8, 4) is 0 Å². The summed E-state index contributed by atoms with van der Waals surface area (Å²) in [5.74, 6) is -0.291. The van der Waals surface area contributed by atoms with E-state index in [1.165, 1.54) is 6.07 Å². The van der Waals surface area contributed by atoms with Crippen molar-refractivity contribution in [1.29, 1.82) is 0 Å². The summed E-state index contributed by atoms with van der Waals surface area (Å²) in [5, 5.41) is 1.16. The maximum atomic E-state index is 13.2. The van der Waals surface area contributed by atoms with Gasteiger partial charge in [-0.15, -0.1) is 0 Å². The standard InChI is InChI=1S/C11H7FO/c12-11-6-2-4-9-8(7-13)3-1-5-10(9)11/h1-7H. The van der Waals surface area contributed by atoms with Gasteiger partial charge in [0.15, 0.2) is 6.29 Å². The number of carbonyl (C=O) groups excluding carboxylic acids is 1. The summed E-state index contributed by atoms with van der Waals surface area (Å²) >= 11 is 0. The third-order valence-electron chi connectivity index (χ3n) is 2.03. The predicted molar refractivity (Wildman–Crippen MR) is 49.3 cm³/mol. The molecule has 2 aromatic carbocycles. The van der Waals surface area contributed by atoms with Crippen LogP contribution >= 0.6 is 0 Å². The second-order valence-electron chi connectivity index (χ2n) is 2.80. The minimum atomic E-state index is -0.291. The van der Waals surface area contributed by atoms with Crippen molar-refractivity contribution in [2.45, 2.75) is 0 Å². The molecule has 0 amide bonds. The lowest BCUT2D eigenvalue weighted by Crippen LogP contribution is -1.85. The van der Waals surface area contributed by atoms with E-state index < -0.39 is 0 Å². The van der Waals surface area contributed by atoms with Crippen LogP contribution in [0.25, 0.3) is 10.8 Å². The van der Waals surface area contributed by atoms with Crippen molar-refractivity contribution in [2.24, 2.45) is 0 Å². The molecule has 0 N–H and O–H groups in total. The van der Waals surface area contributed by atoms with Gasteiger partial charge in [0.25, 0.3) is 0 Å². The van der Waals surface area contributed by atoms with Crippen LogP contribution in [0.15, 0.2) is 36.4 Å². The van der Waals surface area contributed by atoms with Crippen LogP contribution in [0.2, 0.25) is 0 Å². The number of hydrogen-bond acceptors (Lipinski definition) is 1. The highest BCUT2D eigenvalue weighted by atomic mass is 19.1. The van der Waals surface area contributed by atoms with Crippen LogP contribution in [0.3, 0.4) is 0 Å². The van der Waals surface area contributed by atoms with Crippen LogP contribution in [0.5, 0.6) is 0 Å². The number of hydrogen-bond donors (Lipinski definition) is 0. The molecule has 2 heteroatoms. The molecule has 2 rings (SSSR count). The highest BCUT2D eigenvalue weighted by Gasteiger charge is 2.02. The molecule has 0 fully saturated rings. The maximum absolute atomic E-state index is 13.2. The Balaban J connectivity index is 2.92.